The summed E-state index contributed by atoms with van der Waals surface area (Å²) >= 11 is 0. The second kappa shape index (κ2) is 6.61. The van der Waals surface area contributed by atoms with Gasteiger partial charge in [0, 0.05) is 18.8 Å². The number of aryl methyl sites for hydroxylation is 2. The van der Waals surface area contributed by atoms with Crippen molar-refractivity contribution in [2.24, 2.45) is 0 Å². The summed E-state index contributed by atoms with van der Waals surface area (Å²) in [6.07, 6.45) is 1.52. The Morgan fingerprint density at radius 3 is 2.57 bits per heavy atom. The first-order valence-electron chi connectivity index (χ1n) is 7.45. The predicted octanol–water partition coefficient (Wildman–Crippen LogP) is 2.12. The Bertz CT molecular complexity index is 522. The van der Waals surface area contributed by atoms with Crippen molar-refractivity contribution >= 4 is 17.6 Å². The van der Waals surface area contributed by atoms with E-state index in [1.165, 1.54) is 0 Å². The van der Waals surface area contributed by atoms with Gasteiger partial charge in [0.2, 0.25) is 5.91 Å². The molecule has 0 spiro atoms. The largest absolute Gasteiger partial charge is 0.338 e. The third-order valence-electron chi connectivity index (χ3n) is 3.56. The van der Waals surface area contributed by atoms with E-state index in [2.05, 4.69) is 16.7 Å². The summed E-state index contributed by atoms with van der Waals surface area (Å²) in [5.41, 5.74) is 3.18. The molecule has 0 radical (unpaired) electrons. The normalized spacial score (nSPS) is 18.0. The predicted molar refractivity (Wildman–Crippen MR) is 83.5 cm³/mol. The van der Waals surface area contributed by atoms with E-state index >= 15 is 0 Å². The van der Waals surface area contributed by atoms with Gasteiger partial charge in [0.15, 0.2) is 0 Å². The lowest BCUT2D eigenvalue weighted by molar-refractivity contribution is -0.118. The van der Waals surface area contributed by atoms with E-state index in [4.69, 9.17) is 0 Å². The zero-order chi connectivity index (χ0) is 15.4. The van der Waals surface area contributed by atoms with E-state index in [1.54, 1.807) is 4.90 Å². The van der Waals surface area contributed by atoms with Crippen LogP contribution in [-0.4, -0.2) is 31.1 Å². The Hall–Kier alpha value is -2.04. The minimum atomic E-state index is -0.428. The van der Waals surface area contributed by atoms with E-state index in [0.717, 1.165) is 23.2 Å². The molecule has 0 aliphatic carbocycles. The van der Waals surface area contributed by atoms with Crippen molar-refractivity contribution in [3.63, 3.8) is 0 Å². The van der Waals surface area contributed by atoms with E-state index in [0.29, 0.717) is 19.5 Å². The number of hydrogen-bond acceptors (Lipinski definition) is 2. The molecule has 2 N–H and O–H groups in total. The van der Waals surface area contributed by atoms with Crippen molar-refractivity contribution in [2.75, 3.05) is 18.0 Å². The molecule has 2 rings (SSSR count). The lowest BCUT2D eigenvalue weighted by atomic mass is 10.1. The summed E-state index contributed by atoms with van der Waals surface area (Å²) < 4.78 is 0. The minimum absolute atomic E-state index is 0.0355. The number of carbonyl (C=O) groups is 2. The van der Waals surface area contributed by atoms with Crippen LogP contribution in [0.15, 0.2) is 18.2 Å². The highest BCUT2D eigenvalue weighted by atomic mass is 16.2. The van der Waals surface area contributed by atoms with Crippen LogP contribution in [0, 0.1) is 13.8 Å². The molecular weight excluding hydrogens is 266 g/mol. The first-order valence-corrected chi connectivity index (χ1v) is 7.45. The van der Waals surface area contributed by atoms with Crippen LogP contribution in [0.5, 0.6) is 0 Å². The van der Waals surface area contributed by atoms with Crippen LogP contribution >= 0.6 is 0 Å². The van der Waals surface area contributed by atoms with Gasteiger partial charge in [-0.1, -0.05) is 13.0 Å². The SMILES string of the molecule is CCCNC(=O)N[C@H]1CCN(c2cc(C)cc(C)c2)C1=O. The maximum Gasteiger partial charge on any atom is 0.315 e. The molecule has 114 valence electrons. The number of nitrogens with zero attached hydrogens (tertiary/aromatic N) is 1. The summed E-state index contributed by atoms with van der Waals surface area (Å²) in [6, 6.07) is 5.40. The molecule has 1 fully saturated rings. The smallest absolute Gasteiger partial charge is 0.315 e. The van der Waals surface area contributed by atoms with Gasteiger partial charge in [-0.3, -0.25) is 4.79 Å². The molecule has 1 aromatic carbocycles. The maximum atomic E-state index is 12.4. The fourth-order valence-corrected chi connectivity index (χ4v) is 2.62. The first-order chi connectivity index (χ1) is 10.0. The summed E-state index contributed by atoms with van der Waals surface area (Å²) in [5.74, 6) is -0.0355. The van der Waals surface area contributed by atoms with Crippen LogP contribution < -0.4 is 15.5 Å². The fraction of sp³-hybridized carbons (Fsp3) is 0.500. The Kier molecular flexibility index (Phi) is 4.83. The molecule has 1 aliphatic heterocycles. The number of rotatable bonds is 4. The third kappa shape index (κ3) is 3.74. The number of urea groups is 1. The lowest BCUT2D eigenvalue weighted by Crippen LogP contribution is -2.46. The lowest BCUT2D eigenvalue weighted by Gasteiger charge is -2.18. The number of carbonyl (C=O) groups excluding carboxylic acids is 2. The molecule has 21 heavy (non-hydrogen) atoms. The van der Waals surface area contributed by atoms with Crippen LogP contribution in [0.1, 0.15) is 30.9 Å². The van der Waals surface area contributed by atoms with Gasteiger partial charge in [0.05, 0.1) is 0 Å². The molecule has 1 heterocycles. The Labute approximate surface area is 125 Å². The van der Waals surface area contributed by atoms with Crippen LogP contribution in [0.25, 0.3) is 0 Å². The molecule has 5 heteroatoms. The van der Waals surface area contributed by atoms with Crippen molar-refractivity contribution in [3.8, 4) is 0 Å². The monoisotopic (exact) mass is 289 g/mol. The molecule has 0 saturated carbocycles. The molecule has 0 unspecified atom stereocenters. The van der Waals surface area contributed by atoms with Gasteiger partial charge in [0.1, 0.15) is 6.04 Å². The molecule has 3 amide bonds. The highest BCUT2D eigenvalue weighted by molar-refractivity contribution is 6.01. The quantitative estimate of drug-likeness (QED) is 0.892. The Morgan fingerprint density at radius 2 is 1.95 bits per heavy atom. The molecule has 1 saturated heterocycles. The van der Waals surface area contributed by atoms with Crippen molar-refractivity contribution in [1.82, 2.24) is 10.6 Å². The average molecular weight is 289 g/mol. The number of hydrogen-bond donors (Lipinski definition) is 2. The van der Waals surface area contributed by atoms with Crippen molar-refractivity contribution < 1.29 is 9.59 Å². The van der Waals surface area contributed by atoms with Gasteiger partial charge < -0.3 is 15.5 Å². The standard InChI is InChI=1S/C16H23N3O2/c1-4-6-17-16(21)18-14-5-7-19(15(14)20)13-9-11(2)8-12(3)10-13/h8-10,14H,4-7H2,1-3H3,(H2,17,18,21)/t14-/m0/s1. The highest BCUT2D eigenvalue weighted by Gasteiger charge is 2.33. The van der Waals surface area contributed by atoms with Gasteiger partial charge in [0.25, 0.3) is 0 Å². The summed E-state index contributed by atoms with van der Waals surface area (Å²) in [4.78, 5) is 25.8. The molecule has 1 atom stereocenters. The van der Waals surface area contributed by atoms with Crippen molar-refractivity contribution in [2.45, 2.75) is 39.7 Å². The number of nitrogens with one attached hydrogen (secondary N) is 2. The van der Waals surface area contributed by atoms with Gasteiger partial charge in [-0.2, -0.15) is 0 Å². The molecule has 0 bridgehead atoms. The number of anilines is 1. The molecular formula is C16H23N3O2. The minimum Gasteiger partial charge on any atom is -0.338 e. The van der Waals surface area contributed by atoms with E-state index in [9.17, 15) is 9.59 Å². The zero-order valence-electron chi connectivity index (χ0n) is 12.9. The molecule has 5 nitrogen and oxygen atoms in total. The fourth-order valence-electron chi connectivity index (χ4n) is 2.62. The van der Waals surface area contributed by atoms with E-state index in [-0.39, 0.29) is 11.9 Å². The Morgan fingerprint density at radius 1 is 1.29 bits per heavy atom. The summed E-state index contributed by atoms with van der Waals surface area (Å²) in [6.45, 7) is 7.28. The Balaban J connectivity index is 2.02. The van der Waals surface area contributed by atoms with Crippen LogP contribution in [0.3, 0.4) is 0 Å². The number of benzene rings is 1. The van der Waals surface area contributed by atoms with Crippen molar-refractivity contribution in [1.29, 1.82) is 0 Å². The van der Waals surface area contributed by atoms with Crippen LogP contribution in [0.4, 0.5) is 10.5 Å². The molecule has 1 aromatic rings. The van der Waals surface area contributed by atoms with Gasteiger partial charge >= 0.3 is 6.03 Å². The summed E-state index contributed by atoms with van der Waals surface area (Å²) in [5, 5.41) is 5.48. The van der Waals surface area contributed by atoms with Crippen LogP contribution in [0.2, 0.25) is 0 Å². The first kappa shape index (κ1) is 15.4. The van der Waals surface area contributed by atoms with Crippen molar-refractivity contribution in [3.05, 3.63) is 29.3 Å². The summed E-state index contributed by atoms with van der Waals surface area (Å²) in [7, 11) is 0. The average Bonchev–Trinajstić information content (AvgIpc) is 2.77. The number of amides is 3. The topological polar surface area (TPSA) is 61.4 Å². The molecule has 0 aromatic heterocycles. The zero-order valence-corrected chi connectivity index (χ0v) is 12.9. The maximum absolute atomic E-state index is 12.4. The molecule has 1 aliphatic rings. The second-order valence-electron chi connectivity index (χ2n) is 5.58. The van der Waals surface area contributed by atoms with Gasteiger partial charge in [-0.25, -0.2) is 4.79 Å². The van der Waals surface area contributed by atoms with E-state index in [1.807, 2.05) is 32.9 Å². The van der Waals surface area contributed by atoms with Gasteiger partial charge in [-0.15, -0.1) is 0 Å². The third-order valence-corrected chi connectivity index (χ3v) is 3.56. The van der Waals surface area contributed by atoms with E-state index < -0.39 is 6.04 Å². The second-order valence-corrected chi connectivity index (χ2v) is 5.58. The van der Waals surface area contributed by atoms with Crippen LogP contribution in [-0.2, 0) is 4.79 Å². The van der Waals surface area contributed by atoms with Gasteiger partial charge in [-0.05, 0) is 49.9 Å². The highest BCUT2D eigenvalue weighted by Crippen LogP contribution is 2.24.